The van der Waals surface area contributed by atoms with Crippen LogP contribution in [0.2, 0.25) is 0 Å². The van der Waals surface area contributed by atoms with Crippen LogP contribution < -0.4 is 19.5 Å². The molecule has 2 N–H and O–H groups in total. The number of hydrogen-bond acceptors (Lipinski definition) is 8. The summed E-state index contributed by atoms with van der Waals surface area (Å²) in [7, 11) is 4.47. The van der Waals surface area contributed by atoms with Crippen LogP contribution in [-0.4, -0.2) is 42.5 Å². The molecule has 1 amide bonds. The SMILES string of the molecule is COc1cc(C(=O)Nc2ccc(-c3nnc(-c4ccc5ccccc5c4O)o3)cc2)cc(OC)c1OC. The fourth-order valence-corrected chi connectivity index (χ4v) is 3.99. The standard InChI is InChI=1S/C28H23N3O6/c1-34-22-14-18(15-23(35-2)25(22)36-3)26(33)29-19-11-8-17(9-12-19)27-30-31-28(37-27)21-13-10-16-6-4-5-7-20(16)24(21)32/h4-15,32H,1-3H3,(H,29,33). The highest BCUT2D eigenvalue weighted by Crippen LogP contribution is 2.39. The van der Waals surface area contributed by atoms with Gasteiger partial charge in [0.1, 0.15) is 5.75 Å². The van der Waals surface area contributed by atoms with Crippen LogP contribution in [0.3, 0.4) is 0 Å². The van der Waals surface area contributed by atoms with Crippen LogP contribution in [-0.2, 0) is 0 Å². The first-order valence-corrected chi connectivity index (χ1v) is 11.3. The van der Waals surface area contributed by atoms with Crippen molar-refractivity contribution in [3.8, 4) is 45.9 Å². The molecule has 5 rings (SSSR count). The normalized spacial score (nSPS) is 10.8. The van der Waals surface area contributed by atoms with Crippen LogP contribution in [0.4, 0.5) is 5.69 Å². The maximum atomic E-state index is 12.9. The predicted molar refractivity (Wildman–Crippen MR) is 138 cm³/mol. The molecule has 0 bridgehead atoms. The van der Waals surface area contributed by atoms with E-state index in [-0.39, 0.29) is 23.4 Å². The molecule has 0 aliphatic carbocycles. The molecule has 0 saturated carbocycles. The zero-order valence-electron chi connectivity index (χ0n) is 20.3. The number of carbonyl (C=O) groups is 1. The molecule has 9 nitrogen and oxygen atoms in total. The van der Waals surface area contributed by atoms with Gasteiger partial charge in [0.25, 0.3) is 11.8 Å². The number of aromatic hydroxyl groups is 1. The Morgan fingerprint density at radius 1 is 0.838 bits per heavy atom. The van der Waals surface area contributed by atoms with Gasteiger partial charge in [-0.1, -0.05) is 30.3 Å². The fraction of sp³-hybridized carbons (Fsp3) is 0.107. The summed E-state index contributed by atoms with van der Waals surface area (Å²) in [5.41, 5.74) is 2.02. The number of carbonyl (C=O) groups excluding carboxylic acids is 1. The number of phenolic OH excluding ortho intramolecular Hbond substituents is 1. The van der Waals surface area contributed by atoms with E-state index < -0.39 is 0 Å². The molecule has 0 spiro atoms. The first kappa shape index (κ1) is 23.7. The van der Waals surface area contributed by atoms with Crippen LogP contribution >= 0.6 is 0 Å². The van der Waals surface area contributed by atoms with Crippen molar-refractivity contribution in [2.75, 3.05) is 26.6 Å². The van der Waals surface area contributed by atoms with Gasteiger partial charge in [-0.2, -0.15) is 0 Å². The van der Waals surface area contributed by atoms with Gasteiger partial charge in [0, 0.05) is 22.2 Å². The minimum absolute atomic E-state index is 0.0816. The lowest BCUT2D eigenvalue weighted by Crippen LogP contribution is -2.12. The molecule has 1 aromatic heterocycles. The smallest absolute Gasteiger partial charge is 0.255 e. The number of fused-ring (bicyclic) bond motifs is 1. The van der Waals surface area contributed by atoms with E-state index in [1.807, 2.05) is 30.3 Å². The molecular formula is C28H23N3O6. The fourth-order valence-electron chi connectivity index (χ4n) is 3.99. The van der Waals surface area contributed by atoms with Crippen molar-refractivity contribution in [2.24, 2.45) is 0 Å². The Morgan fingerprint density at radius 2 is 1.51 bits per heavy atom. The van der Waals surface area contributed by atoms with Crippen molar-refractivity contribution in [3.63, 3.8) is 0 Å². The molecule has 0 saturated heterocycles. The number of rotatable bonds is 7. The number of aromatic nitrogens is 2. The summed E-state index contributed by atoms with van der Waals surface area (Å²) in [4.78, 5) is 12.9. The zero-order valence-corrected chi connectivity index (χ0v) is 20.3. The molecule has 0 atom stereocenters. The van der Waals surface area contributed by atoms with E-state index in [1.165, 1.54) is 21.3 Å². The van der Waals surface area contributed by atoms with Gasteiger partial charge in [0.15, 0.2) is 11.5 Å². The Kier molecular flexibility index (Phi) is 6.34. The minimum atomic E-state index is -0.348. The molecule has 186 valence electrons. The van der Waals surface area contributed by atoms with Gasteiger partial charge in [-0.15, -0.1) is 10.2 Å². The van der Waals surface area contributed by atoms with Crippen molar-refractivity contribution in [1.82, 2.24) is 10.2 Å². The summed E-state index contributed by atoms with van der Waals surface area (Å²) in [5, 5.41) is 23.4. The summed E-state index contributed by atoms with van der Waals surface area (Å²) in [6.07, 6.45) is 0. The molecule has 0 aliphatic heterocycles. The van der Waals surface area contributed by atoms with E-state index in [4.69, 9.17) is 18.6 Å². The monoisotopic (exact) mass is 497 g/mol. The Hall–Kier alpha value is -5.05. The van der Waals surface area contributed by atoms with Gasteiger partial charge in [0.05, 0.1) is 26.9 Å². The molecule has 0 fully saturated rings. The van der Waals surface area contributed by atoms with Crippen LogP contribution in [0, 0.1) is 0 Å². The Labute approximate surface area is 212 Å². The number of amides is 1. The second-order valence-corrected chi connectivity index (χ2v) is 8.04. The van der Waals surface area contributed by atoms with Crippen LogP contribution in [0.5, 0.6) is 23.0 Å². The lowest BCUT2D eigenvalue weighted by molar-refractivity contribution is 0.102. The van der Waals surface area contributed by atoms with Crippen molar-refractivity contribution < 1.29 is 28.5 Å². The highest BCUT2D eigenvalue weighted by molar-refractivity contribution is 6.05. The third-order valence-electron chi connectivity index (χ3n) is 5.87. The molecule has 0 radical (unpaired) electrons. The first-order chi connectivity index (χ1) is 18.0. The second kappa shape index (κ2) is 9.90. The van der Waals surface area contributed by atoms with Crippen molar-refractivity contribution >= 4 is 22.4 Å². The number of methoxy groups -OCH3 is 3. The third kappa shape index (κ3) is 4.50. The van der Waals surface area contributed by atoms with Gasteiger partial charge in [-0.05, 0) is 47.9 Å². The van der Waals surface area contributed by atoms with Crippen LogP contribution in [0.25, 0.3) is 33.7 Å². The van der Waals surface area contributed by atoms with Crippen LogP contribution in [0.15, 0.2) is 77.2 Å². The lowest BCUT2D eigenvalue weighted by Gasteiger charge is -2.14. The molecule has 5 aromatic rings. The van der Waals surface area contributed by atoms with E-state index in [0.29, 0.717) is 45.0 Å². The topological polar surface area (TPSA) is 116 Å². The highest BCUT2D eigenvalue weighted by atomic mass is 16.5. The van der Waals surface area contributed by atoms with E-state index in [2.05, 4.69) is 15.5 Å². The van der Waals surface area contributed by atoms with Gasteiger partial charge < -0.3 is 29.1 Å². The average Bonchev–Trinajstić information content (AvgIpc) is 3.43. The third-order valence-corrected chi connectivity index (χ3v) is 5.87. The number of nitrogens with zero attached hydrogens (tertiary/aromatic N) is 2. The highest BCUT2D eigenvalue weighted by Gasteiger charge is 2.18. The molecule has 0 aliphatic rings. The van der Waals surface area contributed by atoms with E-state index in [9.17, 15) is 9.90 Å². The van der Waals surface area contributed by atoms with Crippen molar-refractivity contribution in [2.45, 2.75) is 0 Å². The number of nitrogens with one attached hydrogen (secondary N) is 1. The summed E-state index contributed by atoms with van der Waals surface area (Å²) in [6, 6.07) is 21.2. The van der Waals surface area contributed by atoms with Crippen molar-refractivity contribution in [3.05, 3.63) is 78.4 Å². The number of benzene rings is 4. The summed E-state index contributed by atoms with van der Waals surface area (Å²) in [5.74, 6) is 1.39. The Balaban J connectivity index is 1.35. The summed E-state index contributed by atoms with van der Waals surface area (Å²) >= 11 is 0. The molecule has 1 heterocycles. The minimum Gasteiger partial charge on any atom is -0.506 e. The van der Waals surface area contributed by atoms with Crippen molar-refractivity contribution in [1.29, 1.82) is 0 Å². The quantitative estimate of drug-likeness (QED) is 0.301. The predicted octanol–water partition coefficient (Wildman–Crippen LogP) is 5.54. The molecule has 4 aromatic carbocycles. The van der Waals surface area contributed by atoms with E-state index >= 15 is 0 Å². The number of hydrogen-bond donors (Lipinski definition) is 2. The number of anilines is 1. The summed E-state index contributed by atoms with van der Waals surface area (Å²) < 4.78 is 21.8. The zero-order chi connectivity index (χ0) is 25.9. The average molecular weight is 498 g/mol. The Bertz CT molecular complexity index is 1570. The number of phenols is 1. The lowest BCUT2D eigenvalue weighted by atomic mass is 10.1. The molecule has 0 unspecified atom stereocenters. The molecular weight excluding hydrogens is 474 g/mol. The van der Waals surface area contributed by atoms with Gasteiger partial charge in [0.2, 0.25) is 11.6 Å². The first-order valence-electron chi connectivity index (χ1n) is 11.3. The molecule has 9 heteroatoms. The van der Waals surface area contributed by atoms with Gasteiger partial charge >= 0.3 is 0 Å². The molecule has 37 heavy (non-hydrogen) atoms. The van der Waals surface area contributed by atoms with E-state index in [0.717, 1.165) is 5.39 Å². The Morgan fingerprint density at radius 3 is 2.19 bits per heavy atom. The van der Waals surface area contributed by atoms with Gasteiger partial charge in [-0.3, -0.25) is 4.79 Å². The number of ether oxygens (including phenoxy) is 3. The van der Waals surface area contributed by atoms with Crippen LogP contribution in [0.1, 0.15) is 10.4 Å². The summed E-state index contributed by atoms with van der Waals surface area (Å²) in [6.45, 7) is 0. The maximum absolute atomic E-state index is 12.9. The van der Waals surface area contributed by atoms with E-state index in [1.54, 1.807) is 42.5 Å². The second-order valence-electron chi connectivity index (χ2n) is 8.04. The largest absolute Gasteiger partial charge is 0.506 e. The van der Waals surface area contributed by atoms with Gasteiger partial charge in [-0.25, -0.2) is 0 Å². The maximum Gasteiger partial charge on any atom is 0.255 e.